The number of carbonyl (C=O) groups is 1. The lowest BCUT2D eigenvalue weighted by Gasteiger charge is -2.22. The van der Waals surface area contributed by atoms with Crippen LogP contribution in [0.3, 0.4) is 0 Å². The second-order valence-electron chi connectivity index (χ2n) is 6.72. The summed E-state index contributed by atoms with van der Waals surface area (Å²) in [6.45, 7) is 5.50. The topological polar surface area (TPSA) is 107 Å². The third-order valence-corrected chi connectivity index (χ3v) is 4.87. The maximum absolute atomic E-state index is 12.6. The van der Waals surface area contributed by atoms with Crippen LogP contribution in [0.1, 0.15) is 29.9 Å². The zero-order valence-electron chi connectivity index (χ0n) is 14.8. The Balaban J connectivity index is 1.66. The smallest absolute Gasteiger partial charge is 0.323 e. The van der Waals surface area contributed by atoms with Crippen molar-refractivity contribution in [2.24, 2.45) is 0 Å². The van der Waals surface area contributed by atoms with E-state index >= 15 is 0 Å². The van der Waals surface area contributed by atoms with Gasteiger partial charge in [-0.3, -0.25) is 4.79 Å². The van der Waals surface area contributed by atoms with Gasteiger partial charge in [0.15, 0.2) is 0 Å². The van der Waals surface area contributed by atoms with Crippen molar-refractivity contribution in [3.05, 3.63) is 39.6 Å². The predicted molar refractivity (Wildman–Crippen MR) is 98.7 cm³/mol. The lowest BCUT2D eigenvalue weighted by atomic mass is 10.1. The largest absolute Gasteiger partial charge is 0.370 e. The molecule has 3 heterocycles. The molecule has 0 bridgehead atoms. The third-order valence-electron chi connectivity index (χ3n) is 4.87. The van der Waals surface area contributed by atoms with Gasteiger partial charge in [0.05, 0.1) is 34.5 Å². The SMILES string of the molecule is Cc1noc(C)c1CC(=O)Nc1cc2[nH]c(=O)[nH]c2cc1N1CCCC1. The molecule has 3 aromatic rings. The van der Waals surface area contributed by atoms with E-state index in [1.807, 2.05) is 19.1 Å². The Kier molecular flexibility index (Phi) is 4.02. The molecule has 0 aliphatic carbocycles. The van der Waals surface area contributed by atoms with Crippen LogP contribution in [0.2, 0.25) is 0 Å². The molecule has 8 heteroatoms. The van der Waals surface area contributed by atoms with Gasteiger partial charge in [-0.2, -0.15) is 0 Å². The molecule has 0 saturated carbocycles. The average molecular weight is 355 g/mol. The third kappa shape index (κ3) is 2.98. The molecule has 26 heavy (non-hydrogen) atoms. The fraction of sp³-hybridized carbons (Fsp3) is 0.389. The van der Waals surface area contributed by atoms with Crippen LogP contribution in [0.25, 0.3) is 11.0 Å². The van der Waals surface area contributed by atoms with Gasteiger partial charge in [0.2, 0.25) is 5.91 Å². The average Bonchev–Trinajstić information content (AvgIpc) is 3.30. The Bertz CT molecular complexity index is 1000. The molecule has 0 radical (unpaired) electrons. The molecule has 2 aromatic heterocycles. The van der Waals surface area contributed by atoms with Crippen molar-refractivity contribution in [3.8, 4) is 0 Å². The van der Waals surface area contributed by atoms with Crippen molar-refractivity contribution >= 4 is 28.3 Å². The number of amides is 1. The van der Waals surface area contributed by atoms with Crippen molar-refractivity contribution in [2.45, 2.75) is 33.1 Å². The summed E-state index contributed by atoms with van der Waals surface area (Å²) >= 11 is 0. The highest BCUT2D eigenvalue weighted by atomic mass is 16.5. The molecule has 0 unspecified atom stereocenters. The van der Waals surface area contributed by atoms with E-state index in [9.17, 15) is 9.59 Å². The van der Waals surface area contributed by atoms with Crippen molar-refractivity contribution < 1.29 is 9.32 Å². The fourth-order valence-corrected chi connectivity index (χ4v) is 3.50. The van der Waals surface area contributed by atoms with Crippen LogP contribution >= 0.6 is 0 Å². The van der Waals surface area contributed by atoms with Crippen molar-refractivity contribution in [2.75, 3.05) is 23.3 Å². The zero-order valence-corrected chi connectivity index (χ0v) is 14.8. The Hall–Kier alpha value is -3.03. The van der Waals surface area contributed by atoms with Gasteiger partial charge in [-0.05, 0) is 38.8 Å². The Morgan fingerprint density at radius 2 is 1.92 bits per heavy atom. The number of aromatic nitrogens is 3. The summed E-state index contributed by atoms with van der Waals surface area (Å²) in [6.07, 6.45) is 2.44. The number of nitrogens with zero attached hydrogens (tertiary/aromatic N) is 2. The number of imidazole rings is 1. The number of hydrogen-bond donors (Lipinski definition) is 3. The van der Waals surface area contributed by atoms with Crippen LogP contribution < -0.4 is 15.9 Å². The normalized spacial score (nSPS) is 14.3. The van der Waals surface area contributed by atoms with E-state index in [0.29, 0.717) is 17.0 Å². The molecule has 4 rings (SSSR count). The Morgan fingerprint density at radius 3 is 2.58 bits per heavy atom. The van der Waals surface area contributed by atoms with Gasteiger partial charge in [0.1, 0.15) is 5.76 Å². The molecule has 136 valence electrons. The molecular formula is C18H21N5O3. The molecule has 1 aromatic carbocycles. The summed E-state index contributed by atoms with van der Waals surface area (Å²) in [5, 5.41) is 6.89. The van der Waals surface area contributed by atoms with Gasteiger partial charge in [-0.1, -0.05) is 5.16 Å². The maximum atomic E-state index is 12.6. The number of benzene rings is 1. The molecule has 0 atom stereocenters. The molecule has 1 fully saturated rings. The summed E-state index contributed by atoms with van der Waals surface area (Å²) in [7, 11) is 0. The van der Waals surface area contributed by atoms with Crippen LogP contribution in [0.15, 0.2) is 21.5 Å². The van der Waals surface area contributed by atoms with Crippen molar-refractivity contribution in [1.29, 1.82) is 0 Å². The van der Waals surface area contributed by atoms with E-state index in [4.69, 9.17) is 4.52 Å². The molecule has 1 saturated heterocycles. The minimum Gasteiger partial charge on any atom is -0.370 e. The van der Waals surface area contributed by atoms with Crippen LogP contribution in [0, 0.1) is 13.8 Å². The number of H-pyrrole nitrogens is 2. The second kappa shape index (κ2) is 6.36. The quantitative estimate of drug-likeness (QED) is 0.665. The molecular weight excluding hydrogens is 334 g/mol. The van der Waals surface area contributed by atoms with Gasteiger partial charge in [-0.25, -0.2) is 4.79 Å². The molecule has 0 spiro atoms. The summed E-state index contributed by atoms with van der Waals surface area (Å²) < 4.78 is 5.13. The number of nitrogens with one attached hydrogen (secondary N) is 3. The maximum Gasteiger partial charge on any atom is 0.323 e. The zero-order chi connectivity index (χ0) is 18.3. The van der Waals surface area contributed by atoms with E-state index in [2.05, 4.69) is 25.3 Å². The molecule has 1 aliphatic heterocycles. The lowest BCUT2D eigenvalue weighted by molar-refractivity contribution is -0.115. The van der Waals surface area contributed by atoms with Crippen LogP contribution in [-0.4, -0.2) is 34.1 Å². The second-order valence-corrected chi connectivity index (χ2v) is 6.72. The minimum atomic E-state index is -0.258. The Labute approximate surface area is 149 Å². The first-order valence-corrected chi connectivity index (χ1v) is 8.74. The summed E-state index contributed by atoms with van der Waals surface area (Å²) in [5.41, 5.74) is 4.31. The fourth-order valence-electron chi connectivity index (χ4n) is 3.50. The number of rotatable bonds is 4. The number of anilines is 2. The predicted octanol–water partition coefficient (Wildman–Crippen LogP) is 2.24. The van der Waals surface area contributed by atoms with Crippen LogP contribution in [-0.2, 0) is 11.2 Å². The summed E-state index contributed by atoms with van der Waals surface area (Å²) in [5.74, 6) is 0.514. The van der Waals surface area contributed by atoms with Crippen molar-refractivity contribution in [1.82, 2.24) is 15.1 Å². The number of aromatic amines is 2. The molecule has 3 N–H and O–H groups in total. The van der Waals surface area contributed by atoms with Gasteiger partial charge >= 0.3 is 5.69 Å². The molecule has 1 amide bonds. The summed E-state index contributed by atoms with van der Waals surface area (Å²) in [6, 6.07) is 3.73. The van der Waals surface area contributed by atoms with Gasteiger partial charge < -0.3 is 24.7 Å². The van der Waals surface area contributed by atoms with Gasteiger partial charge in [0, 0.05) is 18.7 Å². The number of carbonyl (C=O) groups excluding carboxylic acids is 1. The van der Waals surface area contributed by atoms with Gasteiger partial charge in [-0.15, -0.1) is 0 Å². The first-order valence-electron chi connectivity index (χ1n) is 8.74. The highest BCUT2D eigenvalue weighted by Crippen LogP contribution is 2.32. The first-order chi connectivity index (χ1) is 12.5. The van der Waals surface area contributed by atoms with E-state index in [1.54, 1.807) is 6.92 Å². The Morgan fingerprint density at radius 1 is 1.23 bits per heavy atom. The molecule has 8 nitrogen and oxygen atoms in total. The monoisotopic (exact) mass is 355 g/mol. The first kappa shape index (κ1) is 16.4. The number of fused-ring (bicyclic) bond motifs is 1. The highest BCUT2D eigenvalue weighted by Gasteiger charge is 2.20. The standard InChI is InChI=1S/C18H21N5O3/c1-10-12(11(2)26-22-10)7-17(24)19-15-8-13-14(21-18(25)20-13)9-16(15)23-5-3-4-6-23/h8-9H,3-7H2,1-2H3,(H,19,24)(H2,20,21,25). The minimum absolute atomic E-state index is 0.142. The molecule has 1 aliphatic rings. The van der Waals surface area contributed by atoms with Gasteiger partial charge in [0.25, 0.3) is 0 Å². The van der Waals surface area contributed by atoms with E-state index in [0.717, 1.165) is 48.4 Å². The van der Waals surface area contributed by atoms with Crippen LogP contribution in [0.4, 0.5) is 11.4 Å². The number of hydrogen-bond acceptors (Lipinski definition) is 5. The summed E-state index contributed by atoms with van der Waals surface area (Å²) in [4.78, 5) is 32.0. The highest BCUT2D eigenvalue weighted by molar-refractivity contribution is 5.99. The number of aryl methyl sites for hydroxylation is 2. The van der Waals surface area contributed by atoms with E-state index in [-0.39, 0.29) is 18.0 Å². The van der Waals surface area contributed by atoms with E-state index in [1.165, 1.54) is 0 Å². The lowest BCUT2D eigenvalue weighted by Crippen LogP contribution is -2.22. The van der Waals surface area contributed by atoms with E-state index < -0.39 is 0 Å². The van der Waals surface area contributed by atoms with Crippen molar-refractivity contribution in [3.63, 3.8) is 0 Å². The van der Waals surface area contributed by atoms with Crippen LogP contribution in [0.5, 0.6) is 0 Å².